The van der Waals surface area contributed by atoms with Crippen LogP contribution in [0.25, 0.3) is 0 Å². The van der Waals surface area contributed by atoms with Crippen molar-refractivity contribution in [3.05, 3.63) is 0 Å². The molecule has 1 unspecified atom stereocenters. The summed E-state index contributed by atoms with van der Waals surface area (Å²) < 4.78 is 26.0. The molecule has 1 atom stereocenters. The molecular weight excluding hydrogens is 302 g/mol. The van der Waals surface area contributed by atoms with Crippen LogP contribution in [0.15, 0.2) is 4.99 Å². The molecule has 0 spiro atoms. The van der Waals surface area contributed by atoms with Crippen molar-refractivity contribution in [2.24, 2.45) is 10.9 Å². The lowest BCUT2D eigenvalue weighted by Gasteiger charge is -2.32. The largest absolute Gasteiger partial charge is 0.481 e. The van der Waals surface area contributed by atoms with E-state index in [1.807, 2.05) is 5.32 Å². The Kier molecular flexibility index (Phi) is 4.10. The Hall–Kier alpha value is -1.81. The molecule has 3 amide bonds. The molecule has 21 heavy (non-hydrogen) atoms. The predicted molar refractivity (Wildman–Crippen MR) is 71.3 cm³/mol. The highest BCUT2D eigenvalue weighted by molar-refractivity contribution is 7.91. The summed E-state index contributed by atoms with van der Waals surface area (Å²) >= 11 is 0. The maximum absolute atomic E-state index is 12.5. The fourth-order valence-electron chi connectivity index (χ4n) is 2.46. The van der Waals surface area contributed by atoms with Crippen LogP contribution in [0.5, 0.6) is 0 Å². The van der Waals surface area contributed by atoms with E-state index in [9.17, 15) is 22.8 Å². The van der Waals surface area contributed by atoms with Crippen molar-refractivity contribution in [2.75, 3.05) is 13.1 Å². The van der Waals surface area contributed by atoms with Crippen LogP contribution in [0.2, 0.25) is 0 Å². The minimum absolute atomic E-state index is 0.0321. The lowest BCUT2D eigenvalue weighted by molar-refractivity contribution is -0.143. The van der Waals surface area contributed by atoms with Gasteiger partial charge in [0, 0.05) is 18.8 Å². The van der Waals surface area contributed by atoms with Gasteiger partial charge >= 0.3 is 12.0 Å². The molecular formula is C11H15N3O6S. The van der Waals surface area contributed by atoms with E-state index in [2.05, 4.69) is 4.99 Å². The van der Waals surface area contributed by atoms with Crippen LogP contribution in [-0.2, 0) is 19.6 Å². The molecule has 2 heterocycles. The zero-order chi connectivity index (χ0) is 15.8. The van der Waals surface area contributed by atoms with E-state index in [0.29, 0.717) is 0 Å². The monoisotopic (exact) mass is 317 g/mol. The molecule has 0 bridgehead atoms. The third-order valence-electron chi connectivity index (χ3n) is 3.59. The molecule has 0 aromatic carbocycles. The highest BCUT2D eigenvalue weighted by Gasteiger charge is 2.44. The van der Waals surface area contributed by atoms with Crippen LogP contribution in [0.4, 0.5) is 4.79 Å². The molecule has 2 N–H and O–H groups in total. The maximum Gasteiger partial charge on any atom is 0.347 e. The Morgan fingerprint density at radius 1 is 1.33 bits per heavy atom. The van der Waals surface area contributed by atoms with Gasteiger partial charge in [0.1, 0.15) is 0 Å². The van der Waals surface area contributed by atoms with Gasteiger partial charge in [-0.1, -0.05) is 0 Å². The molecule has 10 heteroatoms. The molecule has 0 aliphatic carbocycles. The fourth-order valence-corrected chi connectivity index (χ4v) is 4.30. The van der Waals surface area contributed by atoms with Crippen LogP contribution in [-0.4, -0.2) is 59.8 Å². The van der Waals surface area contributed by atoms with E-state index in [-0.39, 0.29) is 31.6 Å². The first-order valence-corrected chi connectivity index (χ1v) is 7.85. The molecule has 2 rings (SSSR count). The smallest absolute Gasteiger partial charge is 0.347 e. The number of sulfonamides is 1. The molecule has 0 saturated carbocycles. The van der Waals surface area contributed by atoms with Gasteiger partial charge in [-0.05, 0) is 19.8 Å². The summed E-state index contributed by atoms with van der Waals surface area (Å²) in [4.78, 5) is 37.2. The minimum Gasteiger partial charge on any atom is -0.481 e. The van der Waals surface area contributed by atoms with Gasteiger partial charge in [-0.25, -0.2) is 22.5 Å². The van der Waals surface area contributed by atoms with Crippen molar-refractivity contribution in [2.45, 2.75) is 25.0 Å². The summed E-state index contributed by atoms with van der Waals surface area (Å²) in [6, 6.07) is -0.881. The molecule has 0 radical (unpaired) electrons. The van der Waals surface area contributed by atoms with Gasteiger partial charge in [-0.3, -0.25) is 14.9 Å². The number of hydrogen-bond donors (Lipinski definition) is 2. The van der Waals surface area contributed by atoms with Gasteiger partial charge in [-0.2, -0.15) is 0 Å². The van der Waals surface area contributed by atoms with Crippen LogP contribution in [0.1, 0.15) is 19.8 Å². The van der Waals surface area contributed by atoms with Crippen molar-refractivity contribution in [3.63, 3.8) is 0 Å². The molecule has 116 valence electrons. The summed E-state index contributed by atoms with van der Waals surface area (Å²) in [7, 11) is -4.01. The number of hydrogen-bond acceptors (Lipinski definition) is 5. The first-order chi connectivity index (χ1) is 9.73. The third kappa shape index (κ3) is 2.95. The number of imide groups is 1. The molecule has 0 aromatic heterocycles. The van der Waals surface area contributed by atoms with E-state index in [1.165, 1.54) is 6.92 Å². The first kappa shape index (κ1) is 15.6. The van der Waals surface area contributed by atoms with Gasteiger partial charge in [-0.15, -0.1) is 0 Å². The van der Waals surface area contributed by atoms with Crippen molar-refractivity contribution >= 4 is 33.6 Å². The number of carboxylic acid groups (broad SMARTS) is 1. The summed E-state index contributed by atoms with van der Waals surface area (Å²) in [6.45, 7) is 1.37. The minimum atomic E-state index is -4.01. The quantitative estimate of drug-likeness (QED) is 0.699. The number of piperidine rings is 1. The Morgan fingerprint density at radius 3 is 2.38 bits per heavy atom. The number of amides is 3. The summed E-state index contributed by atoms with van der Waals surface area (Å²) in [5, 5.41) is 9.24. The van der Waals surface area contributed by atoms with Gasteiger partial charge < -0.3 is 5.11 Å². The zero-order valence-electron chi connectivity index (χ0n) is 11.3. The normalized spacial score (nSPS) is 25.4. The molecule has 9 nitrogen and oxygen atoms in total. The number of rotatable bonds is 3. The molecule has 2 aliphatic heterocycles. The number of urea groups is 1. The van der Waals surface area contributed by atoms with Crippen LogP contribution in [0.3, 0.4) is 0 Å². The number of aliphatic imine (C=N–C) groups is 1. The Labute approximate surface area is 121 Å². The van der Waals surface area contributed by atoms with Gasteiger partial charge in [0.15, 0.2) is 5.25 Å². The van der Waals surface area contributed by atoms with E-state index in [4.69, 9.17) is 5.11 Å². The lowest BCUT2D eigenvalue weighted by Crippen LogP contribution is -2.55. The van der Waals surface area contributed by atoms with E-state index in [0.717, 1.165) is 4.31 Å². The average molecular weight is 317 g/mol. The Morgan fingerprint density at radius 2 is 1.90 bits per heavy atom. The van der Waals surface area contributed by atoms with Crippen molar-refractivity contribution in [1.82, 2.24) is 9.62 Å². The van der Waals surface area contributed by atoms with Gasteiger partial charge in [0.05, 0.1) is 5.92 Å². The second kappa shape index (κ2) is 5.53. The number of carboxylic acids is 1. The SMILES string of the molecule is CC1=NC(=O)NC(=O)C1S(=O)(=O)N1CCC(C(=O)O)CC1. The molecule has 2 aliphatic rings. The van der Waals surface area contributed by atoms with E-state index >= 15 is 0 Å². The molecule has 1 saturated heterocycles. The predicted octanol–water partition coefficient (Wildman–Crippen LogP) is -0.808. The van der Waals surface area contributed by atoms with Crippen LogP contribution in [0, 0.1) is 5.92 Å². The number of carbonyl (C=O) groups excluding carboxylic acids is 2. The highest BCUT2D eigenvalue weighted by atomic mass is 32.2. The summed E-state index contributed by atoms with van der Waals surface area (Å²) in [6.07, 6.45) is 0.385. The van der Waals surface area contributed by atoms with Crippen molar-refractivity contribution in [3.8, 4) is 0 Å². The Balaban J connectivity index is 2.20. The van der Waals surface area contributed by atoms with Gasteiger partial charge in [0.25, 0.3) is 5.91 Å². The van der Waals surface area contributed by atoms with Crippen LogP contribution >= 0.6 is 0 Å². The number of nitrogens with one attached hydrogen (secondary N) is 1. The van der Waals surface area contributed by atoms with E-state index < -0.39 is 39.1 Å². The molecule has 1 fully saturated rings. The second-order valence-electron chi connectivity index (χ2n) is 4.98. The average Bonchev–Trinajstić information content (AvgIpc) is 2.37. The van der Waals surface area contributed by atoms with Crippen molar-refractivity contribution < 1.29 is 27.9 Å². The lowest BCUT2D eigenvalue weighted by atomic mass is 9.99. The Bertz CT molecular complexity index is 618. The topological polar surface area (TPSA) is 133 Å². The number of nitrogens with zero attached hydrogens (tertiary/aromatic N) is 2. The zero-order valence-corrected chi connectivity index (χ0v) is 12.1. The van der Waals surface area contributed by atoms with Crippen molar-refractivity contribution in [1.29, 1.82) is 0 Å². The van der Waals surface area contributed by atoms with Crippen LogP contribution < -0.4 is 5.32 Å². The van der Waals surface area contributed by atoms with E-state index in [1.54, 1.807) is 0 Å². The summed E-state index contributed by atoms with van der Waals surface area (Å²) in [5.74, 6) is -2.45. The third-order valence-corrected chi connectivity index (χ3v) is 5.82. The number of carbonyl (C=O) groups is 3. The fraction of sp³-hybridized carbons (Fsp3) is 0.636. The second-order valence-corrected chi connectivity index (χ2v) is 7.00. The van der Waals surface area contributed by atoms with Gasteiger partial charge in [0.2, 0.25) is 10.0 Å². The summed E-state index contributed by atoms with van der Waals surface area (Å²) in [5.41, 5.74) is -0.0795. The number of aliphatic carboxylic acids is 1. The molecule has 0 aromatic rings. The first-order valence-electron chi connectivity index (χ1n) is 6.35. The maximum atomic E-state index is 12.5. The highest BCUT2D eigenvalue weighted by Crippen LogP contribution is 2.23. The standard InChI is InChI=1S/C11H15N3O6S/c1-6-8(9(15)13-11(18)12-6)21(19,20)14-4-2-7(3-5-14)10(16)17/h7-8H,2-5H2,1H3,(H,16,17)(H,13,15,18).